The predicted molar refractivity (Wildman–Crippen MR) is 133 cm³/mol. The second-order valence-corrected chi connectivity index (χ2v) is 10.5. The summed E-state index contributed by atoms with van der Waals surface area (Å²) in [5.41, 5.74) is 0.526. The van der Waals surface area contributed by atoms with Gasteiger partial charge in [0.15, 0.2) is 0 Å². The first-order chi connectivity index (χ1) is 16.0. The van der Waals surface area contributed by atoms with Crippen LogP contribution in [0.3, 0.4) is 0 Å². The normalized spacial score (nSPS) is 12.2. The van der Waals surface area contributed by atoms with Crippen molar-refractivity contribution >= 4 is 50.7 Å². The fourth-order valence-corrected chi connectivity index (χ4v) is 4.81. The number of hydrogen-bond acceptors (Lipinski definition) is 4. The Morgan fingerprint density at radius 3 is 2.41 bits per heavy atom. The number of likely N-dealkylation sites (N-methyl/N-ethyl adjacent to an activating group) is 1. The zero-order chi connectivity index (χ0) is 25.5. The molecule has 0 heterocycles. The number of hydrogen-bond donors (Lipinski definition) is 1. The topological polar surface area (TPSA) is 86.8 Å². The van der Waals surface area contributed by atoms with Crippen LogP contribution in [-0.4, -0.2) is 50.5 Å². The minimum Gasteiger partial charge on any atom is -0.355 e. The number of carbonyl (C=O) groups is 2. The van der Waals surface area contributed by atoms with Gasteiger partial charge in [0.05, 0.1) is 11.9 Å². The molecule has 2 aromatic rings. The van der Waals surface area contributed by atoms with Crippen LogP contribution in [0.4, 0.5) is 10.1 Å². The van der Waals surface area contributed by atoms with Crippen molar-refractivity contribution in [3.8, 4) is 0 Å². The van der Waals surface area contributed by atoms with Crippen molar-refractivity contribution in [1.29, 1.82) is 0 Å². The molecule has 0 bridgehead atoms. The molecule has 7 nitrogen and oxygen atoms in total. The summed E-state index contributed by atoms with van der Waals surface area (Å²) < 4.78 is 39.7. The summed E-state index contributed by atoms with van der Waals surface area (Å²) in [7, 11) is -3.78. The Kier molecular flexibility index (Phi) is 10.1. The summed E-state index contributed by atoms with van der Waals surface area (Å²) >= 11 is 12.2. The molecule has 0 saturated heterocycles. The van der Waals surface area contributed by atoms with Crippen molar-refractivity contribution in [3.05, 3.63) is 63.9 Å². The average Bonchev–Trinajstić information content (AvgIpc) is 2.75. The Balaban J connectivity index is 2.20. The fraction of sp³-hybridized carbons (Fsp3) is 0.391. The van der Waals surface area contributed by atoms with Gasteiger partial charge in [-0.1, -0.05) is 41.4 Å². The van der Waals surface area contributed by atoms with Gasteiger partial charge in [0, 0.05) is 36.1 Å². The van der Waals surface area contributed by atoms with E-state index in [0.29, 0.717) is 22.2 Å². The third kappa shape index (κ3) is 7.58. The smallest absolute Gasteiger partial charge is 0.242 e. The molecule has 0 fully saturated rings. The van der Waals surface area contributed by atoms with E-state index in [1.54, 1.807) is 32.0 Å². The largest absolute Gasteiger partial charge is 0.355 e. The number of carbonyl (C=O) groups excluding carboxylic acids is 2. The monoisotopic (exact) mass is 531 g/mol. The quantitative estimate of drug-likeness (QED) is 0.469. The number of amides is 2. The number of anilines is 1. The van der Waals surface area contributed by atoms with E-state index in [2.05, 4.69) is 5.32 Å². The van der Waals surface area contributed by atoms with Crippen molar-refractivity contribution in [3.63, 3.8) is 0 Å². The number of nitrogens with one attached hydrogen (secondary N) is 1. The van der Waals surface area contributed by atoms with Crippen LogP contribution in [-0.2, 0) is 26.2 Å². The van der Waals surface area contributed by atoms with E-state index in [1.165, 1.54) is 29.2 Å². The molecule has 1 N–H and O–H groups in total. The lowest BCUT2D eigenvalue weighted by atomic mass is 10.1. The zero-order valence-electron chi connectivity index (χ0n) is 19.2. The SMILES string of the molecule is CCNC(=O)[C@H](C)N(Cc1ccc(Cl)cc1Cl)C(=O)CCCN(c1ccccc1F)S(C)(=O)=O. The van der Waals surface area contributed by atoms with Crippen LogP contribution in [0.15, 0.2) is 42.5 Å². The van der Waals surface area contributed by atoms with E-state index in [-0.39, 0.29) is 43.4 Å². The Morgan fingerprint density at radius 1 is 1.15 bits per heavy atom. The summed E-state index contributed by atoms with van der Waals surface area (Å²) in [6, 6.07) is 9.61. The molecule has 186 valence electrons. The van der Waals surface area contributed by atoms with Crippen LogP contribution >= 0.6 is 23.2 Å². The minimum absolute atomic E-state index is 0.0601. The number of nitrogens with zero attached hydrogens (tertiary/aromatic N) is 2. The van der Waals surface area contributed by atoms with E-state index in [9.17, 15) is 22.4 Å². The molecule has 0 spiro atoms. The van der Waals surface area contributed by atoms with Gasteiger partial charge in [0.25, 0.3) is 0 Å². The number of halogens is 3. The molecular weight excluding hydrogens is 504 g/mol. The molecule has 0 aliphatic rings. The summed E-state index contributed by atoms with van der Waals surface area (Å²) in [4.78, 5) is 27.0. The second kappa shape index (κ2) is 12.4. The standard InChI is InChI=1S/C23H28Cl2FN3O4S/c1-4-27-23(31)16(2)28(15-17-11-12-18(24)14-19(17)25)22(30)10-7-13-29(34(3,32)33)21-9-6-5-8-20(21)26/h5-6,8-9,11-12,14,16H,4,7,10,13,15H2,1-3H3,(H,27,31)/t16-/m0/s1. The van der Waals surface area contributed by atoms with Crippen LogP contribution in [0.2, 0.25) is 10.0 Å². The molecule has 0 radical (unpaired) electrons. The van der Waals surface area contributed by atoms with Gasteiger partial charge in [-0.25, -0.2) is 12.8 Å². The summed E-state index contributed by atoms with van der Waals surface area (Å²) in [5, 5.41) is 3.50. The highest BCUT2D eigenvalue weighted by Crippen LogP contribution is 2.25. The lowest BCUT2D eigenvalue weighted by Gasteiger charge is -2.29. The van der Waals surface area contributed by atoms with E-state index in [1.807, 2.05) is 0 Å². The first kappa shape index (κ1) is 27.9. The van der Waals surface area contributed by atoms with Gasteiger partial charge in [0.2, 0.25) is 21.8 Å². The third-order valence-electron chi connectivity index (χ3n) is 5.15. The van der Waals surface area contributed by atoms with E-state index in [0.717, 1.165) is 10.6 Å². The van der Waals surface area contributed by atoms with Crippen LogP contribution in [0.5, 0.6) is 0 Å². The molecule has 34 heavy (non-hydrogen) atoms. The van der Waals surface area contributed by atoms with E-state index < -0.39 is 21.9 Å². The van der Waals surface area contributed by atoms with Crippen LogP contribution < -0.4 is 9.62 Å². The summed E-state index contributed by atoms with van der Waals surface area (Å²) in [6.07, 6.45) is 1.04. The van der Waals surface area contributed by atoms with E-state index >= 15 is 0 Å². The van der Waals surface area contributed by atoms with Crippen molar-refractivity contribution in [2.45, 2.75) is 39.3 Å². The van der Waals surface area contributed by atoms with Gasteiger partial charge in [0.1, 0.15) is 11.9 Å². The highest BCUT2D eigenvalue weighted by molar-refractivity contribution is 7.92. The van der Waals surface area contributed by atoms with Gasteiger partial charge < -0.3 is 10.2 Å². The summed E-state index contributed by atoms with van der Waals surface area (Å²) in [5.74, 6) is -1.38. The molecule has 0 aliphatic carbocycles. The van der Waals surface area contributed by atoms with Gasteiger partial charge in [-0.2, -0.15) is 0 Å². The molecule has 2 amide bonds. The Labute approximate surface area is 209 Å². The number of sulfonamides is 1. The maximum Gasteiger partial charge on any atom is 0.242 e. The molecule has 2 rings (SSSR count). The number of benzene rings is 2. The van der Waals surface area contributed by atoms with Crippen molar-refractivity contribution in [1.82, 2.24) is 10.2 Å². The summed E-state index contributed by atoms with van der Waals surface area (Å²) in [6.45, 7) is 3.75. The lowest BCUT2D eigenvalue weighted by molar-refractivity contribution is -0.140. The lowest BCUT2D eigenvalue weighted by Crippen LogP contribution is -2.47. The van der Waals surface area contributed by atoms with Crippen LogP contribution in [0, 0.1) is 5.82 Å². The average molecular weight is 532 g/mol. The second-order valence-electron chi connectivity index (χ2n) is 7.72. The Hall–Kier alpha value is -2.36. The maximum atomic E-state index is 14.2. The van der Waals surface area contributed by atoms with Gasteiger partial charge in [-0.15, -0.1) is 0 Å². The highest BCUT2D eigenvalue weighted by Gasteiger charge is 2.27. The minimum atomic E-state index is -3.78. The molecule has 2 aromatic carbocycles. The molecule has 0 aliphatic heterocycles. The first-order valence-electron chi connectivity index (χ1n) is 10.7. The molecule has 0 saturated carbocycles. The van der Waals surface area contributed by atoms with Crippen LogP contribution in [0.1, 0.15) is 32.3 Å². The number of rotatable bonds is 11. The Morgan fingerprint density at radius 2 is 1.82 bits per heavy atom. The fourth-order valence-electron chi connectivity index (χ4n) is 3.37. The van der Waals surface area contributed by atoms with Gasteiger partial charge >= 0.3 is 0 Å². The zero-order valence-corrected chi connectivity index (χ0v) is 21.6. The first-order valence-corrected chi connectivity index (χ1v) is 13.3. The molecule has 11 heteroatoms. The van der Waals surface area contributed by atoms with Crippen LogP contribution in [0.25, 0.3) is 0 Å². The molecule has 0 unspecified atom stereocenters. The van der Waals surface area contributed by atoms with Gasteiger partial charge in [-0.3, -0.25) is 13.9 Å². The Bertz CT molecular complexity index is 1130. The van der Waals surface area contributed by atoms with Crippen molar-refractivity contribution in [2.24, 2.45) is 0 Å². The number of para-hydroxylation sites is 1. The molecular formula is C23H28Cl2FN3O4S. The van der Waals surface area contributed by atoms with Crippen molar-refractivity contribution < 1.29 is 22.4 Å². The third-order valence-corrected chi connectivity index (χ3v) is 6.91. The maximum absolute atomic E-state index is 14.2. The van der Waals surface area contributed by atoms with Crippen molar-refractivity contribution in [2.75, 3.05) is 23.7 Å². The van der Waals surface area contributed by atoms with Gasteiger partial charge in [-0.05, 0) is 50.1 Å². The predicted octanol–water partition coefficient (Wildman–Crippen LogP) is 4.23. The van der Waals surface area contributed by atoms with E-state index in [4.69, 9.17) is 23.2 Å². The highest BCUT2D eigenvalue weighted by atomic mass is 35.5. The molecule has 1 atom stereocenters. The molecule has 0 aromatic heterocycles.